The van der Waals surface area contributed by atoms with E-state index in [1.807, 2.05) is 0 Å². The van der Waals surface area contributed by atoms with E-state index in [-0.39, 0.29) is 0 Å². The summed E-state index contributed by atoms with van der Waals surface area (Å²) in [6.07, 6.45) is 0. The molecule has 0 spiro atoms. The van der Waals surface area contributed by atoms with E-state index in [1.165, 1.54) is 6.07 Å². The predicted molar refractivity (Wildman–Crippen MR) is 78.2 cm³/mol. The van der Waals surface area contributed by atoms with Gasteiger partial charge in [0.25, 0.3) is 5.91 Å². The Hall–Kier alpha value is -2.53. The third-order valence-corrected chi connectivity index (χ3v) is 3.22. The summed E-state index contributed by atoms with van der Waals surface area (Å²) in [6, 6.07) is 11.3. The van der Waals surface area contributed by atoms with Gasteiger partial charge in [-0.25, -0.2) is 9.36 Å². The molecule has 0 bridgehead atoms. The first-order valence-electron chi connectivity index (χ1n) is 5.87. The zero-order chi connectivity index (χ0) is 14.3. The van der Waals surface area contributed by atoms with Gasteiger partial charge in [0, 0.05) is 16.3 Å². The van der Waals surface area contributed by atoms with Crippen molar-refractivity contribution in [2.45, 2.75) is 0 Å². The normalized spacial score (nSPS) is 10.8. The molecule has 0 amide bonds. The van der Waals surface area contributed by atoms with Crippen molar-refractivity contribution < 1.29 is 4.79 Å². The summed E-state index contributed by atoms with van der Waals surface area (Å²) in [5.41, 5.74) is 7.01. The van der Waals surface area contributed by atoms with Crippen molar-refractivity contribution in [2.75, 3.05) is 5.73 Å². The van der Waals surface area contributed by atoms with Crippen molar-refractivity contribution in [3.8, 4) is 0 Å². The predicted octanol–water partition coefficient (Wildman–Crippen LogP) is 2.25. The number of anilines is 1. The molecule has 20 heavy (non-hydrogen) atoms. The minimum absolute atomic E-state index is 0.336. The van der Waals surface area contributed by atoms with Gasteiger partial charge in [0.2, 0.25) is 0 Å². The molecule has 0 fully saturated rings. The lowest BCUT2D eigenvalue weighted by atomic mass is 10.2. The van der Waals surface area contributed by atoms with Gasteiger partial charge in [-0.2, -0.15) is 0 Å². The number of H-pyrrole nitrogens is 1. The van der Waals surface area contributed by atoms with Crippen LogP contribution in [0.5, 0.6) is 0 Å². The molecule has 0 aliphatic rings. The molecule has 3 N–H and O–H groups in total. The molecule has 0 atom stereocenters. The summed E-state index contributed by atoms with van der Waals surface area (Å²) in [5, 5.41) is 0.434. The first-order valence-corrected chi connectivity index (χ1v) is 6.24. The standard InChI is InChI=1S/C14H10ClN3O2/c15-9-3-1-2-8(6-9)13(19)18-12-7-10(16)4-5-11(12)17-14(18)20/h1-7H,16H2,(H,17,20). The Morgan fingerprint density at radius 1 is 1.20 bits per heavy atom. The maximum atomic E-state index is 12.4. The molecule has 2 aromatic carbocycles. The minimum Gasteiger partial charge on any atom is -0.399 e. The molecule has 3 rings (SSSR count). The number of aromatic amines is 1. The average Bonchev–Trinajstić information content (AvgIpc) is 2.73. The molecule has 1 heterocycles. The summed E-state index contributed by atoms with van der Waals surface area (Å²) < 4.78 is 1.05. The number of nitrogens with one attached hydrogen (secondary N) is 1. The number of carbonyl (C=O) groups is 1. The van der Waals surface area contributed by atoms with Gasteiger partial charge in [-0.1, -0.05) is 17.7 Å². The minimum atomic E-state index is -0.504. The summed E-state index contributed by atoms with van der Waals surface area (Å²) in [4.78, 5) is 27.0. The smallest absolute Gasteiger partial charge is 0.333 e. The van der Waals surface area contributed by atoms with Crippen LogP contribution in [0.4, 0.5) is 5.69 Å². The molecule has 0 saturated carbocycles. The summed E-state index contributed by atoms with van der Waals surface area (Å²) in [5.74, 6) is -0.450. The molecule has 0 aliphatic heterocycles. The van der Waals surface area contributed by atoms with Crippen molar-refractivity contribution >= 4 is 34.2 Å². The van der Waals surface area contributed by atoms with Gasteiger partial charge in [-0.05, 0) is 36.4 Å². The van der Waals surface area contributed by atoms with E-state index in [4.69, 9.17) is 17.3 Å². The van der Waals surface area contributed by atoms with Crippen LogP contribution in [0.3, 0.4) is 0 Å². The molecule has 0 aliphatic carbocycles. The van der Waals surface area contributed by atoms with E-state index in [1.54, 1.807) is 36.4 Å². The number of nitrogens with zero attached hydrogens (tertiary/aromatic N) is 1. The van der Waals surface area contributed by atoms with E-state index in [9.17, 15) is 9.59 Å². The Bertz CT molecular complexity index is 880. The van der Waals surface area contributed by atoms with E-state index in [0.717, 1.165) is 4.57 Å². The molecule has 100 valence electrons. The van der Waals surface area contributed by atoms with Crippen LogP contribution in [0, 0.1) is 0 Å². The number of benzene rings is 2. The molecule has 0 radical (unpaired) electrons. The Kier molecular flexibility index (Phi) is 2.84. The molecule has 0 unspecified atom stereocenters. The number of imidazole rings is 1. The van der Waals surface area contributed by atoms with E-state index in [0.29, 0.717) is 27.3 Å². The number of hydrogen-bond donors (Lipinski definition) is 2. The molecule has 3 aromatic rings. The van der Waals surface area contributed by atoms with Crippen LogP contribution >= 0.6 is 11.6 Å². The van der Waals surface area contributed by atoms with Gasteiger partial charge in [-0.3, -0.25) is 4.79 Å². The molecular formula is C14H10ClN3O2. The largest absolute Gasteiger partial charge is 0.399 e. The van der Waals surface area contributed by atoms with Gasteiger partial charge in [0.15, 0.2) is 0 Å². The first kappa shape index (κ1) is 12.5. The number of rotatable bonds is 1. The van der Waals surface area contributed by atoms with Crippen molar-refractivity contribution in [1.29, 1.82) is 0 Å². The lowest BCUT2D eigenvalue weighted by molar-refractivity contribution is 0.0961. The fraction of sp³-hybridized carbons (Fsp3) is 0. The fourth-order valence-corrected chi connectivity index (χ4v) is 2.26. The Morgan fingerprint density at radius 2 is 2.00 bits per heavy atom. The highest BCUT2D eigenvalue weighted by atomic mass is 35.5. The maximum absolute atomic E-state index is 12.4. The van der Waals surface area contributed by atoms with Gasteiger partial charge < -0.3 is 10.7 Å². The van der Waals surface area contributed by atoms with E-state index >= 15 is 0 Å². The number of nitrogens with two attached hydrogens (primary N) is 1. The third-order valence-electron chi connectivity index (χ3n) is 2.98. The van der Waals surface area contributed by atoms with Gasteiger partial charge in [0.05, 0.1) is 11.0 Å². The molecule has 1 aromatic heterocycles. The zero-order valence-corrected chi connectivity index (χ0v) is 11.0. The number of hydrogen-bond acceptors (Lipinski definition) is 3. The second-order valence-electron chi connectivity index (χ2n) is 4.36. The van der Waals surface area contributed by atoms with Gasteiger partial charge in [-0.15, -0.1) is 0 Å². The second-order valence-corrected chi connectivity index (χ2v) is 4.79. The van der Waals surface area contributed by atoms with Crippen LogP contribution in [-0.4, -0.2) is 15.5 Å². The van der Waals surface area contributed by atoms with Crippen molar-refractivity contribution in [3.63, 3.8) is 0 Å². The summed E-state index contributed by atoms with van der Waals surface area (Å²) >= 11 is 5.87. The Balaban J connectivity index is 2.24. The van der Waals surface area contributed by atoms with Crippen LogP contribution in [0.25, 0.3) is 11.0 Å². The Labute approximate surface area is 118 Å². The monoisotopic (exact) mass is 287 g/mol. The fourth-order valence-electron chi connectivity index (χ4n) is 2.07. The molecule has 5 nitrogen and oxygen atoms in total. The number of carbonyl (C=O) groups excluding carboxylic acids is 1. The maximum Gasteiger partial charge on any atom is 0.333 e. The highest BCUT2D eigenvalue weighted by molar-refractivity contribution is 6.31. The van der Waals surface area contributed by atoms with E-state index in [2.05, 4.69) is 4.98 Å². The van der Waals surface area contributed by atoms with Crippen molar-refractivity contribution in [1.82, 2.24) is 9.55 Å². The van der Waals surface area contributed by atoms with Crippen molar-refractivity contribution in [2.24, 2.45) is 0 Å². The van der Waals surface area contributed by atoms with Crippen molar-refractivity contribution in [3.05, 3.63) is 63.5 Å². The average molecular weight is 288 g/mol. The number of nitrogen functional groups attached to an aromatic ring is 1. The second kappa shape index (κ2) is 4.54. The van der Waals surface area contributed by atoms with Gasteiger partial charge >= 0.3 is 5.69 Å². The van der Waals surface area contributed by atoms with Gasteiger partial charge in [0.1, 0.15) is 0 Å². The number of fused-ring (bicyclic) bond motifs is 1. The Morgan fingerprint density at radius 3 is 2.75 bits per heavy atom. The lowest BCUT2D eigenvalue weighted by Crippen LogP contribution is -2.24. The van der Waals surface area contributed by atoms with Crippen LogP contribution in [0.2, 0.25) is 5.02 Å². The highest BCUT2D eigenvalue weighted by Crippen LogP contribution is 2.17. The molecular weight excluding hydrogens is 278 g/mol. The molecule has 6 heteroatoms. The van der Waals surface area contributed by atoms with E-state index < -0.39 is 11.6 Å². The summed E-state index contributed by atoms with van der Waals surface area (Å²) in [6.45, 7) is 0. The first-order chi connectivity index (χ1) is 9.56. The SMILES string of the molecule is Nc1ccc2[nH]c(=O)n(C(=O)c3cccc(Cl)c3)c2c1. The van der Waals surface area contributed by atoms with Crippen LogP contribution in [0.15, 0.2) is 47.3 Å². The third kappa shape index (κ3) is 1.98. The van der Waals surface area contributed by atoms with Crippen LogP contribution in [0.1, 0.15) is 10.4 Å². The topological polar surface area (TPSA) is 80.9 Å². The lowest BCUT2D eigenvalue weighted by Gasteiger charge is -2.03. The number of aromatic nitrogens is 2. The number of halogens is 1. The molecule has 0 saturated heterocycles. The highest BCUT2D eigenvalue weighted by Gasteiger charge is 2.16. The summed E-state index contributed by atoms with van der Waals surface area (Å²) in [7, 11) is 0. The quantitative estimate of drug-likeness (QED) is 0.674. The zero-order valence-electron chi connectivity index (χ0n) is 10.3. The van der Waals surface area contributed by atoms with Crippen LogP contribution < -0.4 is 11.4 Å². The van der Waals surface area contributed by atoms with Crippen LogP contribution in [-0.2, 0) is 0 Å².